The second kappa shape index (κ2) is 5.06. The highest BCUT2D eigenvalue weighted by molar-refractivity contribution is 6.30. The first-order valence-corrected chi connectivity index (χ1v) is 6.97. The Balaban J connectivity index is 1.71. The molecule has 3 rings (SSSR count). The Hall–Kier alpha value is -0.800. The first-order chi connectivity index (χ1) is 8.72. The van der Waals surface area contributed by atoms with Crippen LogP contribution in [-0.4, -0.2) is 18.2 Å². The molecule has 1 unspecified atom stereocenters. The highest BCUT2D eigenvalue weighted by atomic mass is 35.5. The van der Waals surface area contributed by atoms with Crippen molar-refractivity contribution in [1.29, 1.82) is 0 Å². The molecule has 0 saturated carbocycles. The number of hydrogen-bond acceptors (Lipinski definition) is 2. The van der Waals surface area contributed by atoms with Crippen molar-refractivity contribution in [3.63, 3.8) is 0 Å². The fraction of sp³-hybridized carbons (Fsp3) is 0.571. The Kier molecular flexibility index (Phi) is 3.44. The predicted molar refractivity (Wildman–Crippen MR) is 69.6 cm³/mol. The number of benzene rings is 1. The summed E-state index contributed by atoms with van der Waals surface area (Å²) in [5.41, 5.74) is 0. The van der Waals surface area contributed by atoms with Gasteiger partial charge in [-0.1, -0.05) is 24.1 Å². The molecule has 0 aliphatic carbocycles. The largest absolute Gasteiger partial charge is 0.487 e. The van der Waals surface area contributed by atoms with E-state index in [1.807, 2.05) is 0 Å². The molecule has 2 aliphatic heterocycles. The van der Waals surface area contributed by atoms with Crippen LogP contribution in [0, 0.1) is 5.82 Å². The minimum absolute atomic E-state index is 0.106. The van der Waals surface area contributed by atoms with Gasteiger partial charge in [-0.15, -0.1) is 0 Å². The molecule has 2 saturated heterocycles. The molecule has 2 bridgehead atoms. The maximum Gasteiger partial charge on any atom is 0.183 e. The zero-order chi connectivity index (χ0) is 12.5. The van der Waals surface area contributed by atoms with Gasteiger partial charge in [-0.05, 0) is 37.8 Å². The number of fused-ring (bicyclic) bond motifs is 2. The minimum atomic E-state index is -0.442. The van der Waals surface area contributed by atoms with E-state index in [0.717, 1.165) is 12.8 Å². The first kappa shape index (κ1) is 12.2. The van der Waals surface area contributed by atoms with Gasteiger partial charge in [0.1, 0.15) is 6.10 Å². The van der Waals surface area contributed by atoms with Crippen molar-refractivity contribution >= 4 is 11.6 Å². The lowest BCUT2D eigenvalue weighted by Crippen LogP contribution is -2.51. The average Bonchev–Trinajstić information content (AvgIpc) is 2.35. The minimum Gasteiger partial charge on any atom is -0.487 e. The van der Waals surface area contributed by atoms with Gasteiger partial charge < -0.3 is 10.1 Å². The number of hydrogen-bond donors (Lipinski definition) is 1. The van der Waals surface area contributed by atoms with Crippen LogP contribution in [0.2, 0.25) is 5.02 Å². The Bertz CT molecular complexity index is 428. The van der Waals surface area contributed by atoms with E-state index in [4.69, 9.17) is 16.3 Å². The van der Waals surface area contributed by atoms with Crippen molar-refractivity contribution in [3.8, 4) is 5.75 Å². The molecule has 1 aromatic rings. The Morgan fingerprint density at radius 2 is 1.94 bits per heavy atom. The summed E-state index contributed by atoms with van der Waals surface area (Å²) in [5.74, 6) is -0.157. The zero-order valence-corrected chi connectivity index (χ0v) is 10.9. The molecule has 2 heterocycles. The molecule has 1 N–H and O–H groups in total. The zero-order valence-electron chi connectivity index (χ0n) is 10.2. The van der Waals surface area contributed by atoms with Crippen LogP contribution in [0.1, 0.15) is 32.1 Å². The number of nitrogens with one attached hydrogen (secondary N) is 1. The lowest BCUT2D eigenvalue weighted by atomic mass is 9.85. The highest BCUT2D eigenvalue weighted by Crippen LogP contribution is 2.31. The molecule has 0 spiro atoms. The van der Waals surface area contributed by atoms with Crippen molar-refractivity contribution in [2.75, 3.05) is 0 Å². The molecular formula is C14H17ClFNO. The molecule has 4 heteroatoms. The molecule has 2 fully saturated rings. The SMILES string of the molecule is Fc1c(Cl)cccc1OC1C[C@H]2CCC[C@@H](C1)N2. The van der Waals surface area contributed by atoms with Crippen molar-refractivity contribution in [1.82, 2.24) is 5.32 Å². The molecule has 98 valence electrons. The normalized spacial score (nSPS) is 31.1. The van der Waals surface area contributed by atoms with E-state index >= 15 is 0 Å². The van der Waals surface area contributed by atoms with Gasteiger partial charge in [-0.2, -0.15) is 0 Å². The molecule has 3 atom stereocenters. The van der Waals surface area contributed by atoms with Crippen LogP contribution in [0.15, 0.2) is 18.2 Å². The van der Waals surface area contributed by atoms with E-state index in [-0.39, 0.29) is 16.9 Å². The van der Waals surface area contributed by atoms with E-state index < -0.39 is 5.82 Å². The molecule has 0 radical (unpaired) electrons. The lowest BCUT2D eigenvalue weighted by molar-refractivity contribution is 0.0893. The maximum absolute atomic E-state index is 13.8. The fourth-order valence-corrected chi connectivity index (χ4v) is 3.23. The van der Waals surface area contributed by atoms with Gasteiger partial charge in [-0.3, -0.25) is 0 Å². The summed E-state index contributed by atoms with van der Waals surface area (Å²) in [5, 5.41) is 3.72. The Morgan fingerprint density at radius 1 is 1.22 bits per heavy atom. The fourth-order valence-electron chi connectivity index (χ4n) is 3.06. The van der Waals surface area contributed by atoms with Gasteiger partial charge in [0.25, 0.3) is 0 Å². The number of ether oxygens (including phenoxy) is 1. The van der Waals surface area contributed by atoms with Crippen molar-refractivity contribution in [2.45, 2.75) is 50.3 Å². The third-order valence-corrected chi connectivity index (χ3v) is 4.17. The van der Waals surface area contributed by atoms with Crippen molar-refractivity contribution in [2.24, 2.45) is 0 Å². The van der Waals surface area contributed by atoms with Crippen LogP contribution < -0.4 is 10.1 Å². The third kappa shape index (κ3) is 2.47. The van der Waals surface area contributed by atoms with Gasteiger partial charge >= 0.3 is 0 Å². The van der Waals surface area contributed by atoms with Gasteiger partial charge in [0.2, 0.25) is 0 Å². The van der Waals surface area contributed by atoms with Crippen LogP contribution >= 0.6 is 11.6 Å². The molecular weight excluding hydrogens is 253 g/mol. The molecule has 2 aliphatic rings. The van der Waals surface area contributed by atoms with Gasteiger partial charge in [-0.25, -0.2) is 4.39 Å². The topological polar surface area (TPSA) is 21.3 Å². The molecule has 18 heavy (non-hydrogen) atoms. The van der Waals surface area contributed by atoms with Crippen LogP contribution in [-0.2, 0) is 0 Å². The summed E-state index contributed by atoms with van der Waals surface area (Å²) < 4.78 is 19.6. The van der Waals surface area contributed by atoms with E-state index in [1.165, 1.54) is 19.3 Å². The second-order valence-electron chi connectivity index (χ2n) is 5.25. The second-order valence-corrected chi connectivity index (χ2v) is 5.66. The quantitative estimate of drug-likeness (QED) is 0.887. The van der Waals surface area contributed by atoms with Crippen LogP contribution in [0.3, 0.4) is 0 Å². The van der Waals surface area contributed by atoms with Crippen molar-refractivity contribution in [3.05, 3.63) is 29.0 Å². The maximum atomic E-state index is 13.8. The summed E-state index contributed by atoms with van der Waals surface area (Å²) in [6.45, 7) is 0. The molecule has 0 amide bonds. The lowest BCUT2D eigenvalue weighted by Gasteiger charge is -2.40. The third-order valence-electron chi connectivity index (χ3n) is 3.88. The van der Waals surface area contributed by atoms with E-state index in [9.17, 15) is 4.39 Å². The van der Waals surface area contributed by atoms with Crippen LogP contribution in [0.5, 0.6) is 5.75 Å². The van der Waals surface area contributed by atoms with Gasteiger partial charge in [0, 0.05) is 12.1 Å². The smallest absolute Gasteiger partial charge is 0.183 e. The highest BCUT2D eigenvalue weighted by Gasteiger charge is 2.32. The summed E-state index contributed by atoms with van der Waals surface area (Å²) in [4.78, 5) is 0. The summed E-state index contributed by atoms with van der Waals surface area (Å²) in [6.07, 6.45) is 5.73. The standard InChI is InChI=1S/C14H17ClFNO/c15-12-5-2-6-13(14(12)16)18-11-7-9-3-1-4-10(8-11)17-9/h2,5-6,9-11,17H,1,3-4,7-8H2/t9-,10+,11?. The predicted octanol–water partition coefficient (Wildman–Crippen LogP) is 3.53. The average molecular weight is 270 g/mol. The number of piperidine rings is 2. The van der Waals surface area contributed by atoms with E-state index in [0.29, 0.717) is 12.1 Å². The number of halogens is 2. The number of rotatable bonds is 2. The first-order valence-electron chi connectivity index (χ1n) is 6.59. The summed E-state index contributed by atoms with van der Waals surface area (Å²) in [6, 6.07) is 5.98. The molecule has 1 aromatic carbocycles. The Labute approximate surface area is 111 Å². The van der Waals surface area contributed by atoms with Gasteiger partial charge in [0.05, 0.1) is 5.02 Å². The van der Waals surface area contributed by atoms with E-state index in [1.54, 1.807) is 18.2 Å². The molecule has 2 nitrogen and oxygen atoms in total. The molecule has 0 aromatic heterocycles. The van der Waals surface area contributed by atoms with Crippen molar-refractivity contribution < 1.29 is 9.13 Å². The van der Waals surface area contributed by atoms with Crippen LogP contribution in [0.4, 0.5) is 4.39 Å². The monoisotopic (exact) mass is 269 g/mol. The van der Waals surface area contributed by atoms with Gasteiger partial charge in [0.15, 0.2) is 11.6 Å². The summed E-state index contributed by atoms with van der Waals surface area (Å²) >= 11 is 5.76. The summed E-state index contributed by atoms with van der Waals surface area (Å²) in [7, 11) is 0. The Morgan fingerprint density at radius 3 is 2.67 bits per heavy atom. The van der Waals surface area contributed by atoms with Crippen LogP contribution in [0.25, 0.3) is 0 Å². The van der Waals surface area contributed by atoms with E-state index in [2.05, 4.69) is 5.32 Å².